The Balaban J connectivity index is 1.95. The minimum atomic E-state index is -0.724. The van der Waals surface area contributed by atoms with Gasteiger partial charge in [-0.2, -0.15) is 0 Å². The molecule has 1 unspecified atom stereocenters. The number of aromatic amines is 1. The fraction of sp³-hybridized carbons (Fsp3) is 0.379. The molecule has 1 fully saturated rings. The fourth-order valence-corrected chi connectivity index (χ4v) is 5.04. The summed E-state index contributed by atoms with van der Waals surface area (Å²) >= 11 is 0. The van der Waals surface area contributed by atoms with E-state index in [0.29, 0.717) is 30.9 Å². The molecule has 1 saturated heterocycles. The SMILES string of the molecule is COCCCN1C(=O)C(=O)/C(=C(/O)c2ccc(OC)c(C(C)(C)C)c2)C1c1c(C)[nH]c2ccccc12. The molecule has 190 valence electrons. The first kappa shape index (κ1) is 25.5. The van der Waals surface area contributed by atoms with Crippen LogP contribution in [0, 0.1) is 6.92 Å². The maximum atomic E-state index is 13.4. The molecule has 0 saturated carbocycles. The maximum Gasteiger partial charge on any atom is 0.295 e. The molecule has 7 nitrogen and oxygen atoms in total. The number of methoxy groups -OCH3 is 2. The van der Waals surface area contributed by atoms with Gasteiger partial charge in [0.2, 0.25) is 0 Å². The van der Waals surface area contributed by atoms with Crippen molar-refractivity contribution in [2.24, 2.45) is 0 Å². The molecule has 2 heterocycles. The Kier molecular flexibility index (Phi) is 6.96. The first-order valence-corrected chi connectivity index (χ1v) is 12.1. The molecule has 36 heavy (non-hydrogen) atoms. The Morgan fingerprint density at radius 2 is 1.83 bits per heavy atom. The van der Waals surface area contributed by atoms with Crippen LogP contribution in [0.5, 0.6) is 5.75 Å². The maximum absolute atomic E-state index is 13.4. The third-order valence-corrected chi connectivity index (χ3v) is 6.79. The number of aromatic nitrogens is 1. The van der Waals surface area contributed by atoms with Crippen molar-refractivity contribution in [2.45, 2.75) is 45.6 Å². The lowest BCUT2D eigenvalue weighted by atomic mass is 9.84. The standard InChI is InChI=1S/C29H34N2O5/c1-17-23(19-10-7-8-11-21(19)30-17)25-24(27(33)28(34)31(25)14-9-15-35-5)26(32)18-12-13-22(36-6)20(16-18)29(2,3)4/h7-8,10-13,16,25,30,32H,9,14-15H2,1-6H3/b26-24+. The second kappa shape index (κ2) is 9.82. The van der Waals surface area contributed by atoms with Gasteiger partial charge in [0.25, 0.3) is 11.7 Å². The monoisotopic (exact) mass is 490 g/mol. The van der Waals surface area contributed by atoms with Gasteiger partial charge in [-0.3, -0.25) is 9.59 Å². The number of nitrogens with one attached hydrogen (secondary N) is 1. The zero-order valence-corrected chi connectivity index (χ0v) is 21.8. The number of benzene rings is 2. The van der Waals surface area contributed by atoms with Crippen molar-refractivity contribution in [1.29, 1.82) is 0 Å². The second-order valence-electron chi connectivity index (χ2n) is 10.2. The summed E-state index contributed by atoms with van der Waals surface area (Å²) in [7, 11) is 3.21. The summed E-state index contributed by atoms with van der Waals surface area (Å²) in [5.41, 5.74) is 3.76. The number of amides is 1. The molecular weight excluding hydrogens is 456 g/mol. The van der Waals surface area contributed by atoms with Crippen LogP contribution in [0.2, 0.25) is 0 Å². The number of carbonyl (C=O) groups is 2. The summed E-state index contributed by atoms with van der Waals surface area (Å²) < 4.78 is 10.7. The van der Waals surface area contributed by atoms with Crippen LogP contribution in [-0.2, 0) is 19.7 Å². The predicted molar refractivity (Wildman–Crippen MR) is 140 cm³/mol. The topological polar surface area (TPSA) is 91.9 Å². The molecular formula is C29H34N2O5. The predicted octanol–water partition coefficient (Wildman–Crippen LogP) is 5.24. The summed E-state index contributed by atoms with van der Waals surface area (Å²) in [6.45, 7) is 8.87. The number of rotatable bonds is 7. The van der Waals surface area contributed by atoms with Crippen LogP contribution in [0.25, 0.3) is 16.7 Å². The van der Waals surface area contributed by atoms with Gasteiger partial charge in [-0.25, -0.2) is 0 Å². The van der Waals surface area contributed by atoms with E-state index in [-0.39, 0.29) is 16.7 Å². The van der Waals surface area contributed by atoms with Crippen LogP contribution >= 0.6 is 0 Å². The van der Waals surface area contributed by atoms with Crippen LogP contribution in [0.4, 0.5) is 0 Å². The highest BCUT2D eigenvalue weighted by atomic mass is 16.5. The molecule has 1 atom stereocenters. The van der Waals surface area contributed by atoms with E-state index in [1.807, 2.05) is 37.3 Å². The molecule has 1 aliphatic heterocycles. The first-order valence-electron chi connectivity index (χ1n) is 12.1. The van der Waals surface area contributed by atoms with Gasteiger partial charge in [0.1, 0.15) is 11.5 Å². The Labute approximate surface area is 211 Å². The quantitative estimate of drug-likeness (QED) is 0.205. The Morgan fingerprint density at radius 3 is 2.50 bits per heavy atom. The number of para-hydroxylation sites is 1. The fourth-order valence-electron chi connectivity index (χ4n) is 5.04. The smallest absolute Gasteiger partial charge is 0.295 e. The molecule has 2 aromatic carbocycles. The lowest BCUT2D eigenvalue weighted by Gasteiger charge is -2.26. The molecule has 7 heteroatoms. The van der Waals surface area contributed by atoms with Crippen LogP contribution in [0.3, 0.4) is 0 Å². The molecule has 0 aliphatic carbocycles. The molecule has 4 rings (SSSR count). The second-order valence-corrected chi connectivity index (χ2v) is 10.2. The van der Waals surface area contributed by atoms with E-state index in [0.717, 1.165) is 27.7 Å². The van der Waals surface area contributed by atoms with Crippen LogP contribution in [-0.4, -0.2) is 54.1 Å². The lowest BCUT2D eigenvalue weighted by molar-refractivity contribution is -0.140. The molecule has 1 aromatic heterocycles. The number of nitrogens with zero attached hydrogens (tertiary/aromatic N) is 1. The highest BCUT2D eigenvalue weighted by molar-refractivity contribution is 6.46. The highest BCUT2D eigenvalue weighted by Crippen LogP contribution is 2.44. The van der Waals surface area contributed by atoms with Gasteiger partial charge in [-0.15, -0.1) is 0 Å². The van der Waals surface area contributed by atoms with Crippen LogP contribution in [0.1, 0.15) is 55.6 Å². The Hall–Kier alpha value is -3.58. The van der Waals surface area contributed by atoms with Gasteiger partial charge in [-0.1, -0.05) is 39.0 Å². The highest BCUT2D eigenvalue weighted by Gasteiger charge is 2.47. The van der Waals surface area contributed by atoms with E-state index in [4.69, 9.17) is 9.47 Å². The van der Waals surface area contributed by atoms with Crippen LogP contribution in [0.15, 0.2) is 48.0 Å². The minimum Gasteiger partial charge on any atom is -0.507 e. The van der Waals surface area contributed by atoms with Gasteiger partial charge < -0.3 is 24.5 Å². The number of aliphatic hydroxyl groups excluding tert-OH is 1. The van der Waals surface area contributed by atoms with E-state index in [1.54, 1.807) is 31.3 Å². The largest absolute Gasteiger partial charge is 0.507 e. The normalized spacial score (nSPS) is 17.8. The van der Waals surface area contributed by atoms with Gasteiger partial charge in [0, 0.05) is 53.5 Å². The number of hydrogen-bond donors (Lipinski definition) is 2. The molecule has 0 radical (unpaired) electrons. The third kappa shape index (κ3) is 4.39. The number of aryl methyl sites for hydroxylation is 1. The van der Waals surface area contributed by atoms with Crippen molar-refractivity contribution in [3.63, 3.8) is 0 Å². The minimum absolute atomic E-state index is 0.0929. The summed E-state index contributed by atoms with van der Waals surface area (Å²) in [6.07, 6.45) is 0.568. The molecule has 0 bridgehead atoms. The summed E-state index contributed by atoms with van der Waals surface area (Å²) in [4.78, 5) is 31.7. The van der Waals surface area contributed by atoms with Crippen molar-refractivity contribution in [2.75, 3.05) is 27.4 Å². The van der Waals surface area contributed by atoms with Gasteiger partial charge in [0.05, 0.1) is 18.7 Å². The third-order valence-electron chi connectivity index (χ3n) is 6.79. The number of Topliss-reactive ketones (excluding diaryl/α,β-unsaturated/α-hetero) is 1. The number of ketones is 1. The van der Waals surface area contributed by atoms with Crippen molar-refractivity contribution >= 4 is 28.4 Å². The zero-order valence-electron chi connectivity index (χ0n) is 21.8. The molecule has 1 amide bonds. The summed E-state index contributed by atoms with van der Waals surface area (Å²) in [5, 5.41) is 12.5. The average Bonchev–Trinajstić information content (AvgIpc) is 3.30. The Bertz CT molecular complexity index is 1350. The number of ether oxygens (including phenoxy) is 2. The van der Waals surface area contributed by atoms with Crippen molar-refractivity contribution < 1.29 is 24.2 Å². The first-order chi connectivity index (χ1) is 17.1. The number of fused-ring (bicyclic) bond motifs is 1. The van der Waals surface area contributed by atoms with E-state index in [1.165, 1.54) is 0 Å². The number of hydrogen-bond acceptors (Lipinski definition) is 5. The average molecular weight is 491 g/mol. The van der Waals surface area contributed by atoms with E-state index < -0.39 is 17.7 Å². The molecule has 2 N–H and O–H groups in total. The number of carbonyl (C=O) groups excluding carboxylic acids is 2. The Morgan fingerprint density at radius 1 is 1.11 bits per heavy atom. The number of H-pyrrole nitrogens is 1. The van der Waals surface area contributed by atoms with E-state index >= 15 is 0 Å². The van der Waals surface area contributed by atoms with E-state index in [2.05, 4.69) is 25.8 Å². The molecule has 3 aromatic rings. The summed E-state index contributed by atoms with van der Waals surface area (Å²) in [5.74, 6) is -0.798. The number of aliphatic hydroxyl groups is 1. The van der Waals surface area contributed by atoms with Gasteiger partial charge >= 0.3 is 0 Å². The van der Waals surface area contributed by atoms with Crippen molar-refractivity contribution in [3.8, 4) is 5.75 Å². The van der Waals surface area contributed by atoms with Gasteiger partial charge in [0.15, 0.2) is 0 Å². The lowest BCUT2D eigenvalue weighted by Crippen LogP contribution is -2.31. The zero-order chi connectivity index (χ0) is 26.2. The van der Waals surface area contributed by atoms with Gasteiger partial charge in [-0.05, 0) is 43.0 Å². The van der Waals surface area contributed by atoms with Crippen molar-refractivity contribution in [3.05, 3.63) is 70.4 Å². The van der Waals surface area contributed by atoms with E-state index in [9.17, 15) is 14.7 Å². The molecule has 0 spiro atoms. The molecule has 1 aliphatic rings. The summed E-state index contributed by atoms with van der Waals surface area (Å²) in [6, 6.07) is 12.4. The number of likely N-dealkylation sites (tertiary alicyclic amines) is 1. The van der Waals surface area contributed by atoms with Crippen LogP contribution < -0.4 is 4.74 Å². The van der Waals surface area contributed by atoms with Crippen molar-refractivity contribution in [1.82, 2.24) is 9.88 Å².